The van der Waals surface area contributed by atoms with E-state index in [0.29, 0.717) is 5.75 Å². The fourth-order valence-corrected chi connectivity index (χ4v) is 2.54. The zero-order chi connectivity index (χ0) is 17.5. The highest BCUT2D eigenvalue weighted by molar-refractivity contribution is 14.1. The average Bonchev–Trinajstić information content (AvgIpc) is 2.60. The zero-order valence-corrected chi connectivity index (χ0v) is 14.6. The Kier molecular flexibility index (Phi) is 6.59. The van der Waals surface area contributed by atoms with Crippen LogP contribution < -0.4 is 10.2 Å². The van der Waals surface area contributed by atoms with E-state index in [0.717, 1.165) is 9.65 Å². The summed E-state index contributed by atoms with van der Waals surface area (Å²) < 4.78 is 6.54. The first-order chi connectivity index (χ1) is 11.5. The molecule has 0 aliphatic carbocycles. The summed E-state index contributed by atoms with van der Waals surface area (Å²) in [6, 6.07) is 13.6. The maximum Gasteiger partial charge on any atom is 0.267 e. The number of aliphatic hydroxyl groups excluding tert-OH is 1. The SMILES string of the molecule is O=C(/C=C/[C@@H](Oc1ccccc1)[C@H](O)c1cc(I)ccc1O)NO. The number of aromatic hydroxyl groups is 1. The number of halogens is 1. The molecule has 2 aromatic rings. The lowest BCUT2D eigenvalue weighted by Gasteiger charge is -2.22. The molecular formula is C17H16INO5. The normalized spacial score (nSPS) is 13.5. The number of aliphatic hydroxyl groups is 1. The number of hydroxylamine groups is 1. The first-order valence-corrected chi connectivity index (χ1v) is 8.09. The summed E-state index contributed by atoms with van der Waals surface area (Å²) in [7, 11) is 0. The van der Waals surface area contributed by atoms with Crippen molar-refractivity contribution in [1.82, 2.24) is 5.48 Å². The van der Waals surface area contributed by atoms with Gasteiger partial charge in [0.1, 0.15) is 23.7 Å². The minimum absolute atomic E-state index is 0.0791. The number of hydrogen-bond donors (Lipinski definition) is 4. The fourth-order valence-electron chi connectivity index (χ4n) is 2.02. The van der Waals surface area contributed by atoms with E-state index in [1.54, 1.807) is 36.4 Å². The molecule has 4 N–H and O–H groups in total. The van der Waals surface area contributed by atoms with Crippen molar-refractivity contribution >= 4 is 28.5 Å². The van der Waals surface area contributed by atoms with Gasteiger partial charge in [0.2, 0.25) is 0 Å². The van der Waals surface area contributed by atoms with Gasteiger partial charge in [-0.2, -0.15) is 0 Å². The number of ether oxygens (including phenoxy) is 1. The second kappa shape index (κ2) is 8.67. The van der Waals surface area contributed by atoms with Crippen molar-refractivity contribution in [2.45, 2.75) is 12.2 Å². The summed E-state index contributed by atoms with van der Waals surface area (Å²) >= 11 is 2.06. The van der Waals surface area contributed by atoms with Crippen LogP contribution in [0.25, 0.3) is 0 Å². The van der Waals surface area contributed by atoms with Crippen LogP contribution in [0.2, 0.25) is 0 Å². The number of carbonyl (C=O) groups is 1. The number of amides is 1. The molecular weight excluding hydrogens is 425 g/mol. The summed E-state index contributed by atoms with van der Waals surface area (Å²) in [5.74, 6) is -0.346. The van der Waals surface area contributed by atoms with E-state index >= 15 is 0 Å². The molecule has 0 radical (unpaired) electrons. The number of hydrogen-bond acceptors (Lipinski definition) is 5. The summed E-state index contributed by atoms with van der Waals surface area (Å²) in [6.45, 7) is 0. The molecule has 2 rings (SSSR count). The van der Waals surface area contributed by atoms with E-state index in [9.17, 15) is 15.0 Å². The molecule has 7 heteroatoms. The number of nitrogens with one attached hydrogen (secondary N) is 1. The van der Waals surface area contributed by atoms with Crippen molar-refractivity contribution in [3.05, 3.63) is 69.8 Å². The van der Waals surface area contributed by atoms with Gasteiger partial charge in [-0.25, -0.2) is 5.48 Å². The monoisotopic (exact) mass is 441 g/mol. The third-order valence-corrected chi connectivity index (χ3v) is 3.85. The van der Waals surface area contributed by atoms with E-state index in [-0.39, 0.29) is 11.3 Å². The van der Waals surface area contributed by atoms with Gasteiger partial charge in [0.25, 0.3) is 5.91 Å². The minimum atomic E-state index is -1.22. The lowest BCUT2D eigenvalue weighted by Crippen LogP contribution is -2.25. The minimum Gasteiger partial charge on any atom is -0.508 e. The predicted octanol–water partition coefficient (Wildman–Crippen LogP) is 2.54. The topological polar surface area (TPSA) is 99.0 Å². The van der Waals surface area contributed by atoms with Crippen LogP contribution in [0.15, 0.2) is 60.7 Å². The van der Waals surface area contributed by atoms with Crippen molar-refractivity contribution < 1.29 is 25.0 Å². The molecule has 2 aromatic carbocycles. The van der Waals surface area contributed by atoms with Gasteiger partial charge in [-0.15, -0.1) is 0 Å². The van der Waals surface area contributed by atoms with Gasteiger partial charge in [-0.05, 0) is 59.0 Å². The molecule has 0 heterocycles. The molecule has 0 unspecified atom stereocenters. The Labute approximate surface area is 152 Å². The van der Waals surface area contributed by atoms with Gasteiger partial charge < -0.3 is 14.9 Å². The van der Waals surface area contributed by atoms with Crippen LogP contribution in [0.3, 0.4) is 0 Å². The van der Waals surface area contributed by atoms with Crippen molar-refractivity contribution in [1.29, 1.82) is 0 Å². The van der Waals surface area contributed by atoms with Crippen molar-refractivity contribution in [2.24, 2.45) is 0 Å². The molecule has 126 valence electrons. The molecule has 1 amide bonds. The summed E-state index contributed by atoms with van der Waals surface area (Å²) in [4.78, 5) is 11.2. The fraction of sp³-hybridized carbons (Fsp3) is 0.118. The van der Waals surface area contributed by atoms with Crippen LogP contribution in [-0.2, 0) is 4.79 Å². The van der Waals surface area contributed by atoms with Gasteiger partial charge in [-0.1, -0.05) is 18.2 Å². The molecule has 0 saturated heterocycles. The van der Waals surface area contributed by atoms with Gasteiger partial charge in [0.05, 0.1) is 0 Å². The number of benzene rings is 2. The Bertz CT molecular complexity index is 720. The summed E-state index contributed by atoms with van der Waals surface area (Å²) in [6.07, 6.45) is 0.182. The molecule has 2 atom stereocenters. The maximum atomic E-state index is 11.2. The number of carbonyl (C=O) groups excluding carboxylic acids is 1. The smallest absolute Gasteiger partial charge is 0.267 e. The summed E-state index contributed by atoms with van der Waals surface area (Å²) in [5, 5.41) is 29.2. The van der Waals surface area contributed by atoms with E-state index in [2.05, 4.69) is 22.6 Å². The average molecular weight is 441 g/mol. The number of rotatable bonds is 6. The highest BCUT2D eigenvalue weighted by atomic mass is 127. The Hall–Kier alpha value is -2.10. The second-order valence-corrected chi connectivity index (χ2v) is 6.12. The third-order valence-electron chi connectivity index (χ3n) is 3.18. The molecule has 24 heavy (non-hydrogen) atoms. The quantitative estimate of drug-likeness (QED) is 0.239. The molecule has 0 aliphatic heterocycles. The number of para-hydroxylation sites is 1. The van der Waals surface area contributed by atoms with Crippen LogP contribution in [0.4, 0.5) is 0 Å². The van der Waals surface area contributed by atoms with Crippen LogP contribution in [-0.4, -0.2) is 27.4 Å². The molecule has 6 nitrogen and oxygen atoms in total. The largest absolute Gasteiger partial charge is 0.508 e. The van der Waals surface area contributed by atoms with Crippen LogP contribution in [0.1, 0.15) is 11.7 Å². The third kappa shape index (κ3) is 4.95. The lowest BCUT2D eigenvalue weighted by molar-refractivity contribution is -0.124. The van der Waals surface area contributed by atoms with Crippen molar-refractivity contribution in [3.63, 3.8) is 0 Å². The van der Waals surface area contributed by atoms with E-state index < -0.39 is 18.1 Å². The molecule has 0 aliphatic rings. The van der Waals surface area contributed by atoms with Gasteiger partial charge in [0, 0.05) is 15.2 Å². The summed E-state index contributed by atoms with van der Waals surface area (Å²) in [5.41, 5.74) is 1.74. The van der Waals surface area contributed by atoms with E-state index in [1.807, 2.05) is 6.07 Å². The number of phenols is 1. The van der Waals surface area contributed by atoms with Crippen LogP contribution in [0, 0.1) is 3.57 Å². The standard InChI is InChI=1S/C17H16INO5/c18-11-6-7-14(20)13(10-11)17(22)15(8-9-16(21)19-23)24-12-4-2-1-3-5-12/h1-10,15,17,20,22-23H,(H,19,21)/b9-8+/t15-,17-/m1/s1. The molecule has 0 fully saturated rings. The molecule has 0 bridgehead atoms. The van der Waals surface area contributed by atoms with Gasteiger partial charge in [0.15, 0.2) is 0 Å². The van der Waals surface area contributed by atoms with Crippen molar-refractivity contribution in [3.8, 4) is 11.5 Å². The Morgan fingerprint density at radius 2 is 1.92 bits per heavy atom. The molecule has 0 saturated carbocycles. The first kappa shape index (κ1) is 18.2. The first-order valence-electron chi connectivity index (χ1n) is 7.01. The molecule has 0 aromatic heterocycles. The Morgan fingerprint density at radius 3 is 2.58 bits per heavy atom. The van der Waals surface area contributed by atoms with Crippen molar-refractivity contribution in [2.75, 3.05) is 0 Å². The Morgan fingerprint density at radius 1 is 1.21 bits per heavy atom. The van der Waals surface area contributed by atoms with Gasteiger partial charge in [-0.3, -0.25) is 10.0 Å². The lowest BCUT2D eigenvalue weighted by atomic mass is 10.0. The molecule has 0 spiro atoms. The van der Waals surface area contributed by atoms with Crippen LogP contribution in [0.5, 0.6) is 11.5 Å². The zero-order valence-electron chi connectivity index (χ0n) is 12.5. The van der Waals surface area contributed by atoms with Crippen LogP contribution >= 0.6 is 22.6 Å². The highest BCUT2D eigenvalue weighted by Crippen LogP contribution is 2.30. The predicted molar refractivity (Wildman–Crippen MR) is 95.7 cm³/mol. The number of phenolic OH excluding ortho intramolecular Hbond substituents is 1. The van der Waals surface area contributed by atoms with E-state index in [1.165, 1.54) is 17.6 Å². The second-order valence-electron chi connectivity index (χ2n) is 4.88. The van der Waals surface area contributed by atoms with Gasteiger partial charge >= 0.3 is 0 Å². The Balaban J connectivity index is 2.31. The maximum absolute atomic E-state index is 11.2. The highest BCUT2D eigenvalue weighted by Gasteiger charge is 2.23. The van der Waals surface area contributed by atoms with E-state index in [4.69, 9.17) is 9.94 Å².